The highest BCUT2D eigenvalue weighted by Gasteiger charge is 2.50. The van der Waals surface area contributed by atoms with Crippen LogP contribution in [0.2, 0.25) is 0 Å². The molecular formula is C24H26O6. The van der Waals surface area contributed by atoms with Crippen molar-refractivity contribution in [2.24, 2.45) is 5.92 Å². The maximum absolute atomic E-state index is 11.2. The third kappa shape index (κ3) is 3.19. The summed E-state index contributed by atoms with van der Waals surface area (Å²) in [6.45, 7) is 6.58. The van der Waals surface area contributed by atoms with Crippen LogP contribution in [0.5, 0.6) is 17.2 Å². The van der Waals surface area contributed by atoms with E-state index in [1.165, 1.54) is 5.56 Å². The lowest BCUT2D eigenvalue weighted by atomic mass is 9.70. The van der Waals surface area contributed by atoms with E-state index < -0.39 is 11.6 Å². The lowest BCUT2D eigenvalue weighted by molar-refractivity contribution is -0.153. The summed E-state index contributed by atoms with van der Waals surface area (Å²) in [5.41, 5.74) is 2.48. The monoisotopic (exact) mass is 410 g/mol. The SMILES string of the molecule is C[C@H]1O[C@@H]2c3cc(CC(=O)O)ccc3OC(C)(C)[C@H]2C[C@@H]1c1ccc2c(c1)OCO2. The van der Waals surface area contributed by atoms with Gasteiger partial charge < -0.3 is 24.1 Å². The summed E-state index contributed by atoms with van der Waals surface area (Å²) in [6, 6.07) is 11.8. The first kappa shape index (κ1) is 19.2. The molecule has 3 heterocycles. The maximum atomic E-state index is 11.2. The number of rotatable bonds is 3. The fourth-order valence-corrected chi connectivity index (χ4v) is 5.06. The standard InChI is InChI=1S/C24H26O6/c1-13-16(15-5-7-20-21(10-15)28-12-27-20)11-18-23(29-13)17-8-14(9-22(25)26)4-6-19(17)30-24(18,2)3/h4-8,10,13,16,18,23H,9,11-12H2,1-3H3,(H,25,26)/t13-,16+,18+,23-/m1/s1. The second kappa shape index (κ2) is 6.91. The zero-order chi connectivity index (χ0) is 21.0. The van der Waals surface area contributed by atoms with Crippen LogP contribution >= 0.6 is 0 Å². The predicted octanol–water partition coefficient (Wildman–Crippen LogP) is 4.46. The topological polar surface area (TPSA) is 74.2 Å². The van der Waals surface area contributed by atoms with Gasteiger partial charge in [0.25, 0.3) is 0 Å². The number of aliphatic carboxylic acids is 1. The fraction of sp³-hybridized carbons (Fsp3) is 0.458. The van der Waals surface area contributed by atoms with Crippen molar-refractivity contribution in [3.05, 3.63) is 53.1 Å². The van der Waals surface area contributed by atoms with Crippen molar-refractivity contribution in [2.45, 2.75) is 57.3 Å². The molecule has 4 atom stereocenters. The Hall–Kier alpha value is -2.73. The van der Waals surface area contributed by atoms with E-state index in [4.69, 9.17) is 18.9 Å². The molecular weight excluding hydrogens is 384 g/mol. The summed E-state index contributed by atoms with van der Waals surface area (Å²) in [7, 11) is 0. The van der Waals surface area contributed by atoms with E-state index in [1.54, 1.807) is 0 Å². The third-order valence-electron chi connectivity index (χ3n) is 6.63. The van der Waals surface area contributed by atoms with Gasteiger partial charge in [0.1, 0.15) is 11.4 Å². The molecule has 158 valence electrons. The molecule has 1 saturated heterocycles. The molecule has 5 rings (SSSR count). The van der Waals surface area contributed by atoms with Gasteiger partial charge in [-0.05, 0) is 62.6 Å². The minimum atomic E-state index is -0.843. The largest absolute Gasteiger partial charge is 0.487 e. The molecule has 1 fully saturated rings. The van der Waals surface area contributed by atoms with Gasteiger partial charge >= 0.3 is 5.97 Å². The smallest absolute Gasteiger partial charge is 0.307 e. The molecule has 0 aromatic heterocycles. The molecule has 6 nitrogen and oxygen atoms in total. The quantitative estimate of drug-likeness (QED) is 0.805. The van der Waals surface area contributed by atoms with Crippen LogP contribution in [0.1, 0.15) is 55.9 Å². The van der Waals surface area contributed by atoms with Crippen molar-refractivity contribution in [3.8, 4) is 17.2 Å². The molecule has 3 aliphatic rings. The van der Waals surface area contributed by atoms with Crippen LogP contribution in [0.25, 0.3) is 0 Å². The first-order valence-electron chi connectivity index (χ1n) is 10.4. The number of hydrogen-bond acceptors (Lipinski definition) is 5. The molecule has 0 bridgehead atoms. The van der Waals surface area contributed by atoms with E-state index in [0.717, 1.165) is 34.8 Å². The fourth-order valence-electron chi connectivity index (χ4n) is 5.06. The van der Waals surface area contributed by atoms with Crippen molar-refractivity contribution in [1.29, 1.82) is 0 Å². The van der Waals surface area contributed by atoms with Gasteiger partial charge in [-0.1, -0.05) is 12.1 Å². The van der Waals surface area contributed by atoms with Gasteiger partial charge in [0, 0.05) is 17.4 Å². The average Bonchev–Trinajstić information content (AvgIpc) is 3.15. The summed E-state index contributed by atoms with van der Waals surface area (Å²) >= 11 is 0. The molecule has 0 spiro atoms. The second-order valence-corrected chi connectivity index (χ2v) is 8.97. The minimum Gasteiger partial charge on any atom is -0.487 e. The molecule has 0 aliphatic carbocycles. The van der Waals surface area contributed by atoms with Crippen LogP contribution < -0.4 is 14.2 Å². The molecule has 0 amide bonds. The van der Waals surface area contributed by atoms with Gasteiger partial charge in [-0.25, -0.2) is 0 Å². The normalized spacial score (nSPS) is 28.2. The van der Waals surface area contributed by atoms with E-state index in [0.29, 0.717) is 0 Å². The minimum absolute atomic E-state index is 0.00324. The number of carbonyl (C=O) groups is 1. The van der Waals surface area contributed by atoms with Crippen LogP contribution in [0.3, 0.4) is 0 Å². The molecule has 0 unspecified atom stereocenters. The summed E-state index contributed by atoms with van der Waals surface area (Å²) in [6.07, 6.45) is 0.763. The zero-order valence-electron chi connectivity index (χ0n) is 17.4. The molecule has 3 aliphatic heterocycles. The maximum Gasteiger partial charge on any atom is 0.307 e. The van der Waals surface area contributed by atoms with E-state index >= 15 is 0 Å². The molecule has 2 aromatic rings. The average molecular weight is 410 g/mol. The Balaban J connectivity index is 1.48. The number of hydrogen-bond donors (Lipinski definition) is 1. The molecule has 30 heavy (non-hydrogen) atoms. The lowest BCUT2D eigenvalue weighted by Crippen LogP contribution is -2.50. The summed E-state index contributed by atoms with van der Waals surface area (Å²) < 4.78 is 24.0. The molecule has 0 saturated carbocycles. The van der Waals surface area contributed by atoms with E-state index in [2.05, 4.69) is 32.9 Å². The van der Waals surface area contributed by atoms with Gasteiger partial charge in [0.2, 0.25) is 6.79 Å². The second-order valence-electron chi connectivity index (χ2n) is 8.97. The number of benzene rings is 2. The summed E-state index contributed by atoms with van der Waals surface area (Å²) in [5, 5.41) is 9.17. The Kier molecular flexibility index (Phi) is 4.43. The van der Waals surface area contributed by atoms with Crippen molar-refractivity contribution in [1.82, 2.24) is 0 Å². The van der Waals surface area contributed by atoms with Gasteiger partial charge in [-0.15, -0.1) is 0 Å². The highest BCUT2D eigenvalue weighted by Crippen LogP contribution is 2.54. The predicted molar refractivity (Wildman–Crippen MR) is 109 cm³/mol. The van der Waals surface area contributed by atoms with E-state index in [1.807, 2.05) is 24.3 Å². The highest BCUT2D eigenvalue weighted by molar-refractivity contribution is 5.70. The van der Waals surface area contributed by atoms with Crippen molar-refractivity contribution < 1.29 is 28.8 Å². The summed E-state index contributed by atoms with van der Waals surface area (Å²) in [4.78, 5) is 11.2. The van der Waals surface area contributed by atoms with Crippen LogP contribution in [0, 0.1) is 5.92 Å². The first-order chi connectivity index (χ1) is 14.3. The Morgan fingerprint density at radius 2 is 1.87 bits per heavy atom. The number of fused-ring (bicyclic) bond motifs is 4. The number of carboxylic acid groups (broad SMARTS) is 1. The van der Waals surface area contributed by atoms with Crippen molar-refractivity contribution in [3.63, 3.8) is 0 Å². The van der Waals surface area contributed by atoms with E-state index in [9.17, 15) is 9.90 Å². The van der Waals surface area contributed by atoms with Crippen molar-refractivity contribution >= 4 is 5.97 Å². The highest BCUT2D eigenvalue weighted by atomic mass is 16.7. The first-order valence-corrected chi connectivity index (χ1v) is 10.4. The van der Waals surface area contributed by atoms with Gasteiger partial charge in [0.15, 0.2) is 11.5 Å². The van der Waals surface area contributed by atoms with Crippen molar-refractivity contribution in [2.75, 3.05) is 6.79 Å². The number of ether oxygens (including phenoxy) is 4. The molecule has 6 heteroatoms. The van der Waals surface area contributed by atoms with Gasteiger partial charge in [-0.2, -0.15) is 0 Å². The Morgan fingerprint density at radius 1 is 1.10 bits per heavy atom. The Labute approximate surface area is 175 Å². The lowest BCUT2D eigenvalue weighted by Gasteiger charge is -2.50. The molecule has 1 N–H and O–H groups in total. The summed E-state index contributed by atoms with van der Waals surface area (Å²) in [5.74, 6) is 1.84. The van der Waals surface area contributed by atoms with Gasteiger partial charge in [-0.3, -0.25) is 4.79 Å². The van der Waals surface area contributed by atoms with Crippen LogP contribution in [0.4, 0.5) is 0 Å². The number of carboxylic acids is 1. The Bertz CT molecular complexity index is 997. The van der Waals surface area contributed by atoms with Gasteiger partial charge in [0.05, 0.1) is 18.6 Å². The van der Waals surface area contributed by atoms with Crippen LogP contribution in [-0.4, -0.2) is 29.6 Å². The molecule has 2 aromatic carbocycles. The zero-order valence-corrected chi connectivity index (χ0v) is 17.4. The Morgan fingerprint density at radius 3 is 2.67 bits per heavy atom. The van der Waals surface area contributed by atoms with Crippen LogP contribution in [0.15, 0.2) is 36.4 Å². The molecule has 0 radical (unpaired) electrons. The third-order valence-corrected chi connectivity index (χ3v) is 6.63. The van der Waals surface area contributed by atoms with Crippen LogP contribution in [-0.2, 0) is 16.0 Å². The van der Waals surface area contributed by atoms with E-state index in [-0.39, 0.29) is 37.3 Å².